The highest BCUT2D eigenvalue weighted by Crippen LogP contribution is 2.33. The van der Waals surface area contributed by atoms with Crippen molar-refractivity contribution in [2.45, 2.75) is 62.5 Å². The van der Waals surface area contributed by atoms with Crippen LogP contribution < -0.4 is 16.2 Å². The summed E-state index contributed by atoms with van der Waals surface area (Å²) in [5.74, 6) is 1.63. The number of hydrogen-bond acceptors (Lipinski definition) is 5. The van der Waals surface area contributed by atoms with Crippen molar-refractivity contribution in [2.75, 3.05) is 32.8 Å². The maximum Gasteiger partial charge on any atom is 0.253 e. The molecule has 4 fully saturated rings. The van der Waals surface area contributed by atoms with Crippen molar-refractivity contribution in [3.63, 3.8) is 0 Å². The highest BCUT2D eigenvalue weighted by molar-refractivity contribution is 6.31. The minimum Gasteiger partial charge on any atom is -0.299 e. The number of nitrogens with zero attached hydrogens (tertiary/aromatic N) is 2. The van der Waals surface area contributed by atoms with Crippen LogP contribution in [0.1, 0.15) is 39.0 Å². The van der Waals surface area contributed by atoms with E-state index in [0.717, 1.165) is 38.1 Å². The minimum absolute atomic E-state index is 0.0885. The van der Waals surface area contributed by atoms with Crippen LogP contribution in [0.2, 0.25) is 0 Å². The third kappa shape index (κ3) is 3.69. The molecule has 3 N–H and O–H groups in total. The molecule has 0 aromatic rings. The number of carbonyl (C=O) groups excluding carboxylic acids is 1. The van der Waals surface area contributed by atoms with Crippen molar-refractivity contribution in [3.05, 3.63) is 0 Å². The van der Waals surface area contributed by atoms with Gasteiger partial charge in [0.05, 0.1) is 0 Å². The highest BCUT2D eigenvalue weighted by Gasteiger charge is 2.43. The Kier molecular flexibility index (Phi) is 5.53. The molecule has 0 aromatic carbocycles. The Labute approximate surface area is 156 Å². The molecule has 4 aliphatic rings. The Morgan fingerprint density at radius 3 is 2.88 bits per heavy atom. The zero-order valence-electron chi connectivity index (χ0n) is 15.2. The lowest BCUT2D eigenvalue weighted by Gasteiger charge is -2.44. The Hall–Kier alpha value is -0.400. The van der Waals surface area contributed by atoms with E-state index in [1.54, 1.807) is 0 Å². The van der Waals surface area contributed by atoms with Gasteiger partial charge in [-0.15, -0.1) is 11.6 Å². The summed E-state index contributed by atoms with van der Waals surface area (Å²) in [6.45, 7) is 7.45. The molecule has 4 rings (SSSR count). The van der Waals surface area contributed by atoms with E-state index in [1.807, 2.05) is 0 Å². The van der Waals surface area contributed by atoms with Crippen LogP contribution in [0.3, 0.4) is 0 Å². The standard InChI is InChI=1S/C18H32ClN5O/c1-12-4-2-3-5-13(12)9-24-11-20-14-10-23(7-6-15(14)24)16-8-21-22-18(25)17(16)19/h12-17,20-21H,2-11H2,1H3,(H,22,25). The van der Waals surface area contributed by atoms with E-state index < -0.39 is 5.38 Å². The van der Waals surface area contributed by atoms with Gasteiger partial charge in [0.1, 0.15) is 5.38 Å². The Morgan fingerprint density at radius 1 is 1.20 bits per heavy atom. The molecule has 3 saturated heterocycles. The third-order valence-electron chi connectivity index (χ3n) is 6.97. The largest absolute Gasteiger partial charge is 0.299 e. The smallest absolute Gasteiger partial charge is 0.253 e. The average Bonchev–Trinajstić information content (AvgIpc) is 3.01. The second kappa shape index (κ2) is 7.69. The number of piperidine rings is 1. The number of fused-ring (bicyclic) bond motifs is 1. The van der Waals surface area contributed by atoms with Gasteiger partial charge in [0.2, 0.25) is 0 Å². The number of rotatable bonds is 3. The van der Waals surface area contributed by atoms with Crippen molar-refractivity contribution >= 4 is 17.5 Å². The first-order valence-electron chi connectivity index (χ1n) is 10.0. The predicted octanol–water partition coefficient (Wildman–Crippen LogP) is 0.729. The zero-order valence-corrected chi connectivity index (χ0v) is 16.0. The molecule has 0 spiro atoms. The molecule has 142 valence electrons. The topological polar surface area (TPSA) is 59.6 Å². The summed E-state index contributed by atoms with van der Waals surface area (Å²) >= 11 is 6.36. The summed E-state index contributed by atoms with van der Waals surface area (Å²) in [5.41, 5.74) is 5.62. The number of hydrazine groups is 1. The lowest BCUT2D eigenvalue weighted by atomic mass is 9.80. The lowest BCUT2D eigenvalue weighted by molar-refractivity contribution is -0.125. The van der Waals surface area contributed by atoms with Gasteiger partial charge in [0.25, 0.3) is 5.91 Å². The van der Waals surface area contributed by atoms with Crippen molar-refractivity contribution in [2.24, 2.45) is 11.8 Å². The number of nitrogens with one attached hydrogen (secondary N) is 3. The Bertz CT molecular complexity index is 492. The first-order chi connectivity index (χ1) is 12.1. The maximum atomic E-state index is 11.8. The van der Waals surface area contributed by atoms with Crippen LogP contribution in [0, 0.1) is 11.8 Å². The fraction of sp³-hybridized carbons (Fsp3) is 0.944. The SMILES string of the molecule is CC1CCCCC1CN1CNC2CN(C3CNNC(=O)C3Cl)CCC21. The van der Waals surface area contributed by atoms with Gasteiger partial charge in [-0.3, -0.25) is 25.3 Å². The molecule has 1 saturated carbocycles. The summed E-state index contributed by atoms with van der Waals surface area (Å²) < 4.78 is 0. The number of halogens is 1. The molecule has 7 heteroatoms. The lowest BCUT2D eigenvalue weighted by Crippen LogP contribution is -2.65. The van der Waals surface area contributed by atoms with Crippen LogP contribution in [-0.2, 0) is 4.79 Å². The van der Waals surface area contributed by atoms with Crippen LogP contribution >= 0.6 is 11.6 Å². The number of likely N-dealkylation sites (tertiary alicyclic amines) is 1. The normalized spacial score (nSPS) is 43.7. The third-order valence-corrected chi connectivity index (χ3v) is 7.46. The van der Waals surface area contributed by atoms with Gasteiger partial charge < -0.3 is 0 Å². The van der Waals surface area contributed by atoms with E-state index in [0.29, 0.717) is 12.1 Å². The van der Waals surface area contributed by atoms with Crippen molar-refractivity contribution in [3.8, 4) is 0 Å². The van der Waals surface area contributed by atoms with E-state index in [2.05, 4.69) is 32.9 Å². The number of carbonyl (C=O) groups is 1. The maximum absolute atomic E-state index is 11.8. The Balaban J connectivity index is 1.34. The summed E-state index contributed by atoms with van der Waals surface area (Å²) in [5, 5.41) is 3.27. The number of amides is 1. The second-order valence-electron chi connectivity index (χ2n) is 8.45. The second-order valence-corrected chi connectivity index (χ2v) is 8.92. The molecule has 1 aliphatic carbocycles. The van der Waals surface area contributed by atoms with Crippen LogP contribution in [0.4, 0.5) is 0 Å². The minimum atomic E-state index is -0.460. The highest BCUT2D eigenvalue weighted by atomic mass is 35.5. The molecule has 6 atom stereocenters. The van der Waals surface area contributed by atoms with Crippen LogP contribution in [0.15, 0.2) is 0 Å². The first kappa shape index (κ1) is 18.0. The van der Waals surface area contributed by atoms with Gasteiger partial charge in [-0.1, -0.05) is 26.2 Å². The van der Waals surface area contributed by atoms with Crippen molar-refractivity contribution in [1.29, 1.82) is 0 Å². The van der Waals surface area contributed by atoms with E-state index in [1.165, 1.54) is 38.6 Å². The molecule has 25 heavy (non-hydrogen) atoms. The molecule has 6 nitrogen and oxygen atoms in total. The summed E-state index contributed by atoms with van der Waals surface area (Å²) in [7, 11) is 0. The number of hydrogen-bond donors (Lipinski definition) is 3. The molecule has 3 aliphatic heterocycles. The van der Waals surface area contributed by atoms with Crippen LogP contribution in [0.5, 0.6) is 0 Å². The van der Waals surface area contributed by atoms with Crippen LogP contribution in [0.25, 0.3) is 0 Å². The predicted molar refractivity (Wildman–Crippen MR) is 99.2 cm³/mol. The summed E-state index contributed by atoms with van der Waals surface area (Å²) in [6, 6.07) is 1.23. The monoisotopic (exact) mass is 369 g/mol. The Morgan fingerprint density at radius 2 is 2.04 bits per heavy atom. The summed E-state index contributed by atoms with van der Waals surface area (Å²) in [6.07, 6.45) is 6.80. The van der Waals surface area contributed by atoms with Gasteiger partial charge in [-0.05, 0) is 24.7 Å². The fourth-order valence-electron chi connectivity index (χ4n) is 5.33. The van der Waals surface area contributed by atoms with Gasteiger partial charge in [-0.2, -0.15) is 0 Å². The summed E-state index contributed by atoms with van der Waals surface area (Å²) in [4.78, 5) is 16.9. The first-order valence-corrected chi connectivity index (χ1v) is 10.5. The van der Waals surface area contributed by atoms with Crippen molar-refractivity contribution < 1.29 is 4.79 Å². The fourth-order valence-corrected chi connectivity index (χ4v) is 5.63. The van der Waals surface area contributed by atoms with Gasteiger partial charge in [-0.25, -0.2) is 5.43 Å². The van der Waals surface area contributed by atoms with E-state index in [-0.39, 0.29) is 11.9 Å². The molecular formula is C18H32ClN5O. The molecule has 3 heterocycles. The van der Waals surface area contributed by atoms with E-state index in [4.69, 9.17) is 11.6 Å². The molecule has 0 aromatic heterocycles. The average molecular weight is 370 g/mol. The molecule has 6 unspecified atom stereocenters. The van der Waals surface area contributed by atoms with Gasteiger partial charge >= 0.3 is 0 Å². The van der Waals surface area contributed by atoms with Crippen molar-refractivity contribution in [1.82, 2.24) is 26.0 Å². The van der Waals surface area contributed by atoms with Gasteiger partial charge in [0.15, 0.2) is 0 Å². The quantitative estimate of drug-likeness (QED) is 0.640. The molecule has 0 bridgehead atoms. The van der Waals surface area contributed by atoms with E-state index >= 15 is 0 Å². The zero-order chi connectivity index (χ0) is 17.4. The van der Waals surface area contributed by atoms with Gasteiger partial charge in [0, 0.05) is 51.0 Å². The molecular weight excluding hydrogens is 338 g/mol. The molecule has 0 radical (unpaired) electrons. The van der Waals surface area contributed by atoms with E-state index in [9.17, 15) is 4.79 Å². The number of alkyl halides is 1. The molecule has 1 amide bonds. The van der Waals surface area contributed by atoms with Crippen LogP contribution in [-0.4, -0.2) is 72.1 Å².